The second-order valence-electron chi connectivity index (χ2n) is 3.02. The molecule has 1 aromatic carbocycles. The Morgan fingerprint density at radius 3 is 1.59 bits per heavy atom. The Bertz CT molecular complexity index is 372. The second-order valence-corrected chi connectivity index (χ2v) is 3.02. The van der Waals surface area contributed by atoms with Gasteiger partial charge in [0.25, 0.3) is 0 Å². The topological polar surface area (TPSA) is 112 Å². The minimum atomic E-state index is -1.31. The molecule has 0 fully saturated rings. The molecular formula is C11H12O6. The van der Waals surface area contributed by atoms with Gasteiger partial charge in [0.2, 0.25) is 0 Å². The fourth-order valence-corrected chi connectivity index (χ4v) is 0.900. The third kappa shape index (κ3) is 9.92. The van der Waals surface area contributed by atoms with Gasteiger partial charge in [-0.2, -0.15) is 0 Å². The first-order chi connectivity index (χ1) is 7.91. The van der Waals surface area contributed by atoms with E-state index in [1.807, 2.05) is 18.2 Å². The number of rotatable bonds is 4. The maximum absolute atomic E-state index is 10.2. The lowest BCUT2D eigenvalue weighted by Gasteiger charge is -1.92. The second kappa shape index (κ2) is 7.86. The number of carboxylic acids is 3. The molecule has 1 aromatic rings. The summed E-state index contributed by atoms with van der Waals surface area (Å²) in [6.07, 6.45) is -0.694. The van der Waals surface area contributed by atoms with Crippen molar-refractivity contribution in [2.75, 3.05) is 0 Å². The Morgan fingerprint density at radius 1 is 0.824 bits per heavy atom. The Hall–Kier alpha value is -2.37. The van der Waals surface area contributed by atoms with E-state index in [1.54, 1.807) is 12.1 Å². The van der Waals surface area contributed by atoms with Gasteiger partial charge in [-0.05, 0) is 5.56 Å². The minimum absolute atomic E-state index is 0.112. The van der Waals surface area contributed by atoms with Crippen LogP contribution in [-0.2, 0) is 20.8 Å². The van der Waals surface area contributed by atoms with Gasteiger partial charge in [0.15, 0.2) is 0 Å². The Kier molecular flexibility index (Phi) is 6.77. The summed E-state index contributed by atoms with van der Waals surface area (Å²) in [5, 5.41) is 23.8. The van der Waals surface area contributed by atoms with E-state index in [9.17, 15) is 14.4 Å². The molecule has 0 saturated heterocycles. The van der Waals surface area contributed by atoms with Crippen molar-refractivity contribution in [3.05, 3.63) is 35.9 Å². The average Bonchev–Trinajstić information content (AvgIpc) is 2.16. The van der Waals surface area contributed by atoms with Crippen molar-refractivity contribution in [2.24, 2.45) is 0 Å². The van der Waals surface area contributed by atoms with E-state index in [0.717, 1.165) is 5.56 Å². The largest absolute Gasteiger partial charge is 0.481 e. The standard InChI is InChI=1S/C8H8O2.C3H4O4/c9-8(10)6-7-4-2-1-3-5-7;4-2(5)1-3(6)7/h1-5H,6H2,(H,9,10);1H2,(H,4,5)(H,6,7). The Balaban J connectivity index is 0.000000325. The SMILES string of the molecule is O=C(O)CC(=O)O.O=C(O)Cc1ccccc1. The van der Waals surface area contributed by atoms with E-state index in [1.165, 1.54) is 0 Å². The number of benzene rings is 1. The highest BCUT2D eigenvalue weighted by atomic mass is 16.4. The van der Waals surface area contributed by atoms with Crippen LogP contribution in [0.4, 0.5) is 0 Å². The zero-order valence-electron chi connectivity index (χ0n) is 8.87. The van der Waals surface area contributed by atoms with Gasteiger partial charge in [-0.1, -0.05) is 30.3 Å². The van der Waals surface area contributed by atoms with Crippen LogP contribution in [0.3, 0.4) is 0 Å². The maximum Gasteiger partial charge on any atom is 0.314 e. The highest BCUT2D eigenvalue weighted by molar-refractivity contribution is 5.88. The van der Waals surface area contributed by atoms with Gasteiger partial charge in [0.1, 0.15) is 6.42 Å². The van der Waals surface area contributed by atoms with Crippen molar-refractivity contribution >= 4 is 17.9 Å². The molecule has 0 aliphatic carbocycles. The third-order valence-electron chi connectivity index (χ3n) is 1.50. The number of hydrogen-bond acceptors (Lipinski definition) is 3. The lowest BCUT2D eigenvalue weighted by Crippen LogP contribution is -2.03. The first-order valence-electron chi connectivity index (χ1n) is 4.61. The Morgan fingerprint density at radius 2 is 1.29 bits per heavy atom. The molecule has 3 N–H and O–H groups in total. The molecule has 0 aromatic heterocycles. The summed E-state index contributed by atoms with van der Waals surface area (Å²) in [6, 6.07) is 9.13. The lowest BCUT2D eigenvalue weighted by molar-refractivity contribution is -0.147. The maximum atomic E-state index is 10.2. The molecular weight excluding hydrogens is 228 g/mol. The van der Waals surface area contributed by atoms with Gasteiger partial charge in [0, 0.05) is 0 Å². The van der Waals surface area contributed by atoms with Crippen molar-refractivity contribution in [1.82, 2.24) is 0 Å². The normalized spacial score (nSPS) is 8.71. The summed E-state index contributed by atoms with van der Waals surface area (Å²) >= 11 is 0. The smallest absolute Gasteiger partial charge is 0.314 e. The molecule has 0 bridgehead atoms. The van der Waals surface area contributed by atoms with Crippen LogP contribution in [0.2, 0.25) is 0 Å². The fourth-order valence-electron chi connectivity index (χ4n) is 0.900. The zero-order chi connectivity index (χ0) is 13.3. The summed E-state index contributed by atoms with van der Waals surface area (Å²) in [5.41, 5.74) is 0.843. The molecule has 0 unspecified atom stereocenters. The number of aliphatic carboxylic acids is 3. The van der Waals surface area contributed by atoms with Crippen molar-refractivity contribution in [3.63, 3.8) is 0 Å². The molecule has 0 atom stereocenters. The van der Waals surface area contributed by atoms with Gasteiger partial charge >= 0.3 is 17.9 Å². The van der Waals surface area contributed by atoms with Crippen LogP contribution >= 0.6 is 0 Å². The predicted octanol–water partition coefficient (Wildman–Crippen LogP) is 0.859. The molecule has 0 aliphatic rings. The molecule has 0 spiro atoms. The zero-order valence-corrected chi connectivity index (χ0v) is 8.87. The van der Waals surface area contributed by atoms with E-state index < -0.39 is 24.3 Å². The first kappa shape index (κ1) is 14.6. The van der Waals surface area contributed by atoms with Crippen LogP contribution in [0.5, 0.6) is 0 Å². The minimum Gasteiger partial charge on any atom is -0.481 e. The van der Waals surface area contributed by atoms with Crippen LogP contribution < -0.4 is 0 Å². The summed E-state index contributed by atoms with van der Waals surface area (Å²) in [6.45, 7) is 0. The summed E-state index contributed by atoms with van der Waals surface area (Å²) in [4.78, 5) is 29.0. The summed E-state index contributed by atoms with van der Waals surface area (Å²) < 4.78 is 0. The Labute approximate surface area is 97.1 Å². The van der Waals surface area contributed by atoms with Crippen LogP contribution in [0.25, 0.3) is 0 Å². The van der Waals surface area contributed by atoms with Gasteiger partial charge in [-0.15, -0.1) is 0 Å². The molecule has 0 heterocycles. The number of carboxylic acid groups (broad SMARTS) is 3. The molecule has 1 rings (SSSR count). The molecule has 0 amide bonds. The van der Waals surface area contributed by atoms with Crippen molar-refractivity contribution in [3.8, 4) is 0 Å². The van der Waals surface area contributed by atoms with Crippen LogP contribution in [0.1, 0.15) is 12.0 Å². The third-order valence-corrected chi connectivity index (χ3v) is 1.50. The van der Waals surface area contributed by atoms with Crippen molar-refractivity contribution < 1.29 is 29.7 Å². The molecule has 6 heteroatoms. The van der Waals surface area contributed by atoms with Crippen LogP contribution in [0, 0.1) is 0 Å². The van der Waals surface area contributed by atoms with Gasteiger partial charge in [-0.3, -0.25) is 14.4 Å². The molecule has 0 saturated carbocycles. The fraction of sp³-hybridized carbons (Fsp3) is 0.182. The van der Waals surface area contributed by atoms with Crippen molar-refractivity contribution in [2.45, 2.75) is 12.8 Å². The number of carbonyl (C=O) groups is 3. The summed E-state index contributed by atoms with van der Waals surface area (Å²) in [5.74, 6) is -3.41. The highest BCUT2D eigenvalue weighted by Crippen LogP contribution is 1.98. The predicted molar refractivity (Wildman–Crippen MR) is 57.7 cm³/mol. The quantitative estimate of drug-likeness (QED) is 0.673. The average molecular weight is 240 g/mol. The molecule has 17 heavy (non-hydrogen) atoms. The van der Waals surface area contributed by atoms with E-state index >= 15 is 0 Å². The first-order valence-corrected chi connectivity index (χ1v) is 4.61. The van der Waals surface area contributed by atoms with Crippen LogP contribution in [-0.4, -0.2) is 33.2 Å². The molecule has 6 nitrogen and oxygen atoms in total. The lowest BCUT2D eigenvalue weighted by atomic mass is 10.2. The van der Waals surface area contributed by atoms with Gasteiger partial charge in [0.05, 0.1) is 6.42 Å². The summed E-state index contributed by atoms with van der Waals surface area (Å²) in [7, 11) is 0. The van der Waals surface area contributed by atoms with Crippen LogP contribution in [0.15, 0.2) is 30.3 Å². The van der Waals surface area contributed by atoms with Gasteiger partial charge < -0.3 is 15.3 Å². The van der Waals surface area contributed by atoms with Gasteiger partial charge in [-0.25, -0.2) is 0 Å². The van der Waals surface area contributed by atoms with Crippen molar-refractivity contribution in [1.29, 1.82) is 0 Å². The van der Waals surface area contributed by atoms with E-state index in [-0.39, 0.29) is 6.42 Å². The number of hydrogen-bond donors (Lipinski definition) is 3. The monoisotopic (exact) mass is 240 g/mol. The highest BCUT2D eigenvalue weighted by Gasteiger charge is 2.01. The molecule has 92 valence electrons. The molecule has 0 radical (unpaired) electrons. The van der Waals surface area contributed by atoms with E-state index in [0.29, 0.717) is 0 Å². The molecule has 0 aliphatic heterocycles. The van der Waals surface area contributed by atoms with E-state index in [4.69, 9.17) is 15.3 Å². The van der Waals surface area contributed by atoms with E-state index in [2.05, 4.69) is 0 Å².